The zero-order valence-corrected chi connectivity index (χ0v) is 19.9. The standard InChI is InChI=1S/C27H36N2O3/c1-5-16-29(24-13-9-8-12-22(24)27(31)32-4)25-15-14-21(19-23(25)20(3)6-2)26(30)28-17-10-7-11-18-28/h8-9,12-15,19-20H,5-7,10-11,16-18H2,1-4H3. The molecule has 0 aliphatic carbocycles. The van der Waals surface area contributed by atoms with E-state index in [9.17, 15) is 9.59 Å². The molecule has 0 spiro atoms. The Bertz CT molecular complexity index is 934. The van der Waals surface area contributed by atoms with Gasteiger partial charge in [0, 0.05) is 30.9 Å². The number of ether oxygens (including phenoxy) is 1. The van der Waals surface area contributed by atoms with Gasteiger partial charge in [-0.1, -0.05) is 32.9 Å². The van der Waals surface area contributed by atoms with Crippen LogP contribution in [0.15, 0.2) is 42.5 Å². The number of anilines is 2. The van der Waals surface area contributed by atoms with Gasteiger partial charge in [-0.3, -0.25) is 4.79 Å². The Hall–Kier alpha value is -2.82. The number of carbonyl (C=O) groups is 2. The highest BCUT2D eigenvalue weighted by Gasteiger charge is 2.24. The van der Waals surface area contributed by atoms with E-state index < -0.39 is 0 Å². The molecule has 5 nitrogen and oxygen atoms in total. The largest absolute Gasteiger partial charge is 0.465 e. The molecule has 1 aliphatic rings. The van der Waals surface area contributed by atoms with Crippen LogP contribution in [-0.4, -0.2) is 43.5 Å². The van der Waals surface area contributed by atoms with Gasteiger partial charge in [-0.2, -0.15) is 0 Å². The SMILES string of the molecule is CCCN(c1ccccc1C(=O)OC)c1ccc(C(=O)N2CCCCC2)cc1C(C)CC. The van der Waals surface area contributed by atoms with Gasteiger partial charge in [-0.05, 0) is 73.9 Å². The monoisotopic (exact) mass is 436 g/mol. The van der Waals surface area contributed by atoms with Crippen LogP contribution in [0.4, 0.5) is 11.4 Å². The van der Waals surface area contributed by atoms with Crippen LogP contribution >= 0.6 is 0 Å². The Morgan fingerprint density at radius 3 is 2.41 bits per heavy atom. The molecule has 1 heterocycles. The van der Waals surface area contributed by atoms with Crippen LogP contribution in [0.3, 0.4) is 0 Å². The van der Waals surface area contributed by atoms with Crippen molar-refractivity contribution >= 4 is 23.3 Å². The van der Waals surface area contributed by atoms with Gasteiger partial charge in [0.25, 0.3) is 5.91 Å². The maximum absolute atomic E-state index is 13.2. The van der Waals surface area contributed by atoms with Crippen molar-refractivity contribution in [1.82, 2.24) is 4.90 Å². The predicted octanol–water partition coefficient (Wildman–Crippen LogP) is 6.16. The number of para-hydroxylation sites is 1. The van der Waals surface area contributed by atoms with E-state index in [0.717, 1.165) is 67.8 Å². The fourth-order valence-corrected chi connectivity index (χ4v) is 4.41. The average molecular weight is 437 g/mol. The number of amides is 1. The van der Waals surface area contributed by atoms with Crippen LogP contribution in [0, 0.1) is 0 Å². The van der Waals surface area contributed by atoms with Gasteiger partial charge in [0.05, 0.1) is 18.4 Å². The zero-order chi connectivity index (χ0) is 23.1. The minimum atomic E-state index is -0.344. The minimum Gasteiger partial charge on any atom is -0.465 e. The van der Waals surface area contributed by atoms with E-state index in [0.29, 0.717) is 5.56 Å². The van der Waals surface area contributed by atoms with E-state index in [2.05, 4.69) is 37.8 Å². The van der Waals surface area contributed by atoms with Crippen LogP contribution < -0.4 is 4.90 Å². The lowest BCUT2D eigenvalue weighted by Gasteiger charge is -2.31. The van der Waals surface area contributed by atoms with Gasteiger partial charge < -0.3 is 14.5 Å². The summed E-state index contributed by atoms with van der Waals surface area (Å²) in [5.74, 6) is 0.0604. The second-order valence-corrected chi connectivity index (χ2v) is 8.60. The van der Waals surface area contributed by atoms with E-state index in [-0.39, 0.29) is 17.8 Å². The normalized spacial score (nSPS) is 14.7. The molecule has 172 valence electrons. The Kier molecular flexibility index (Phi) is 8.32. The third kappa shape index (κ3) is 5.14. The van der Waals surface area contributed by atoms with Crippen molar-refractivity contribution in [3.8, 4) is 0 Å². The smallest absolute Gasteiger partial charge is 0.339 e. The number of methoxy groups -OCH3 is 1. The molecule has 3 rings (SSSR count). The van der Waals surface area contributed by atoms with Crippen molar-refractivity contribution < 1.29 is 14.3 Å². The first-order valence-electron chi connectivity index (χ1n) is 11.9. The number of nitrogens with zero attached hydrogens (tertiary/aromatic N) is 2. The predicted molar refractivity (Wildman–Crippen MR) is 130 cm³/mol. The second-order valence-electron chi connectivity index (χ2n) is 8.60. The number of hydrogen-bond acceptors (Lipinski definition) is 4. The highest BCUT2D eigenvalue weighted by atomic mass is 16.5. The van der Waals surface area contributed by atoms with Gasteiger partial charge in [-0.15, -0.1) is 0 Å². The number of likely N-dealkylation sites (tertiary alicyclic amines) is 1. The number of esters is 1. The zero-order valence-electron chi connectivity index (χ0n) is 19.9. The number of hydrogen-bond donors (Lipinski definition) is 0. The first-order valence-corrected chi connectivity index (χ1v) is 11.9. The summed E-state index contributed by atoms with van der Waals surface area (Å²) >= 11 is 0. The molecule has 2 aromatic carbocycles. The summed E-state index contributed by atoms with van der Waals surface area (Å²) in [4.78, 5) is 29.8. The summed E-state index contributed by atoms with van der Waals surface area (Å²) in [6.07, 6.45) is 5.25. The van der Waals surface area contributed by atoms with Crippen molar-refractivity contribution in [1.29, 1.82) is 0 Å². The lowest BCUT2D eigenvalue weighted by atomic mass is 9.93. The van der Waals surface area contributed by atoms with E-state index >= 15 is 0 Å². The average Bonchev–Trinajstić information content (AvgIpc) is 2.86. The van der Waals surface area contributed by atoms with Crippen LogP contribution in [0.5, 0.6) is 0 Å². The highest BCUT2D eigenvalue weighted by Crippen LogP contribution is 2.37. The lowest BCUT2D eigenvalue weighted by Crippen LogP contribution is -2.35. The van der Waals surface area contributed by atoms with Crippen LogP contribution in [0.1, 0.15) is 85.1 Å². The first-order chi connectivity index (χ1) is 15.5. The summed E-state index contributed by atoms with van der Waals surface area (Å²) < 4.78 is 5.04. The number of benzene rings is 2. The van der Waals surface area contributed by atoms with Crippen LogP contribution in [-0.2, 0) is 4.74 Å². The quantitative estimate of drug-likeness (QED) is 0.465. The van der Waals surface area contributed by atoms with E-state index in [1.54, 1.807) is 6.07 Å². The maximum atomic E-state index is 13.2. The van der Waals surface area contributed by atoms with Crippen LogP contribution in [0.25, 0.3) is 0 Å². The molecule has 1 saturated heterocycles. The van der Waals surface area contributed by atoms with Gasteiger partial charge in [0.2, 0.25) is 0 Å². The molecule has 2 aromatic rings. The summed E-state index contributed by atoms with van der Waals surface area (Å²) in [5.41, 5.74) is 4.33. The summed E-state index contributed by atoms with van der Waals surface area (Å²) in [7, 11) is 1.41. The van der Waals surface area contributed by atoms with Gasteiger partial charge in [0.1, 0.15) is 0 Å². The van der Waals surface area contributed by atoms with E-state index in [1.165, 1.54) is 13.5 Å². The molecule has 1 aliphatic heterocycles. The Morgan fingerprint density at radius 2 is 1.75 bits per heavy atom. The fraction of sp³-hybridized carbons (Fsp3) is 0.481. The molecule has 0 aromatic heterocycles. The van der Waals surface area contributed by atoms with Gasteiger partial charge >= 0.3 is 5.97 Å². The summed E-state index contributed by atoms with van der Waals surface area (Å²) in [5, 5.41) is 0. The topological polar surface area (TPSA) is 49.9 Å². The van der Waals surface area contributed by atoms with Gasteiger partial charge in [0.15, 0.2) is 0 Å². The molecule has 0 saturated carbocycles. The van der Waals surface area contributed by atoms with Crippen molar-refractivity contribution in [2.45, 2.75) is 58.8 Å². The molecule has 1 unspecified atom stereocenters. The van der Waals surface area contributed by atoms with Crippen molar-refractivity contribution in [3.63, 3.8) is 0 Å². The third-order valence-corrected chi connectivity index (χ3v) is 6.40. The van der Waals surface area contributed by atoms with Crippen molar-refractivity contribution in [3.05, 3.63) is 59.2 Å². The number of carbonyl (C=O) groups excluding carboxylic acids is 2. The number of rotatable bonds is 8. The molecule has 0 radical (unpaired) electrons. The molecule has 0 bridgehead atoms. The molecule has 32 heavy (non-hydrogen) atoms. The maximum Gasteiger partial charge on any atom is 0.339 e. The number of piperidine rings is 1. The molecule has 0 N–H and O–H groups in total. The minimum absolute atomic E-state index is 0.123. The molecule has 5 heteroatoms. The fourth-order valence-electron chi connectivity index (χ4n) is 4.41. The molecule has 1 atom stereocenters. The van der Waals surface area contributed by atoms with Crippen LogP contribution in [0.2, 0.25) is 0 Å². The highest BCUT2D eigenvalue weighted by molar-refractivity contribution is 5.98. The summed E-state index contributed by atoms with van der Waals surface area (Å²) in [6, 6.07) is 13.7. The lowest BCUT2D eigenvalue weighted by molar-refractivity contribution is 0.0601. The Morgan fingerprint density at radius 1 is 1.03 bits per heavy atom. The molecular weight excluding hydrogens is 400 g/mol. The Labute approximate surface area is 192 Å². The van der Waals surface area contributed by atoms with E-state index in [1.807, 2.05) is 29.2 Å². The molecule has 1 fully saturated rings. The third-order valence-electron chi connectivity index (χ3n) is 6.40. The van der Waals surface area contributed by atoms with Gasteiger partial charge in [-0.25, -0.2) is 4.79 Å². The van der Waals surface area contributed by atoms with Crippen molar-refractivity contribution in [2.75, 3.05) is 31.6 Å². The van der Waals surface area contributed by atoms with Crippen molar-refractivity contribution in [2.24, 2.45) is 0 Å². The molecular formula is C27H36N2O3. The molecule has 1 amide bonds. The Balaban J connectivity index is 2.07. The van der Waals surface area contributed by atoms with E-state index in [4.69, 9.17) is 4.74 Å². The summed E-state index contributed by atoms with van der Waals surface area (Å²) in [6.45, 7) is 8.94. The second kappa shape index (κ2) is 11.2. The first kappa shape index (κ1) is 23.8.